The first-order valence-corrected chi connectivity index (χ1v) is 11.3. The number of nitrogens with zero attached hydrogens (tertiary/aromatic N) is 5. The van der Waals surface area contributed by atoms with Crippen molar-refractivity contribution < 1.29 is 9.59 Å². The highest BCUT2D eigenvalue weighted by Gasteiger charge is 2.27. The molecule has 9 nitrogen and oxygen atoms in total. The average molecular weight is 438 g/mol. The van der Waals surface area contributed by atoms with Gasteiger partial charge in [0.25, 0.3) is 0 Å². The Kier molecular flexibility index (Phi) is 6.53. The van der Waals surface area contributed by atoms with E-state index in [1.54, 1.807) is 19.3 Å². The van der Waals surface area contributed by atoms with Gasteiger partial charge >= 0.3 is 0 Å². The Bertz CT molecular complexity index is 971. The van der Waals surface area contributed by atoms with Gasteiger partial charge in [0, 0.05) is 33.1 Å². The highest BCUT2D eigenvalue weighted by molar-refractivity contribution is 5.77. The molecule has 2 aliphatic heterocycles. The second-order valence-corrected chi connectivity index (χ2v) is 8.78. The number of anilines is 3. The molecule has 0 bridgehead atoms. The smallest absolute Gasteiger partial charge is 0.222 e. The number of rotatable bonds is 5. The van der Waals surface area contributed by atoms with Gasteiger partial charge in [-0.25, -0.2) is 9.97 Å². The maximum atomic E-state index is 11.8. The summed E-state index contributed by atoms with van der Waals surface area (Å²) < 4.78 is 0. The van der Waals surface area contributed by atoms with E-state index in [0.29, 0.717) is 24.1 Å². The zero-order valence-corrected chi connectivity index (χ0v) is 18.8. The maximum Gasteiger partial charge on any atom is 0.222 e. The lowest BCUT2D eigenvalue weighted by molar-refractivity contribution is -0.129. The molecule has 0 aromatic carbocycles. The van der Waals surface area contributed by atoms with Gasteiger partial charge in [-0.2, -0.15) is 0 Å². The fourth-order valence-electron chi connectivity index (χ4n) is 4.53. The normalized spacial score (nSPS) is 19.6. The van der Waals surface area contributed by atoms with Gasteiger partial charge in [0.2, 0.25) is 11.8 Å². The topological polar surface area (TPSA) is 117 Å². The molecule has 0 saturated carbocycles. The molecule has 2 saturated heterocycles. The lowest BCUT2D eigenvalue weighted by atomic mass is 9.89. The number of aromatic nitrogens is 3. The fraction of sp³-hybridized carbons (Fsp3) is 0.522. The second kappa shape index (κ2) is 9.50. The predicted molar refractivity (Wildman–Crippen MR) is 123 cm³/mol. The molecule has 9 heteroatoms. The van der Waals surface area contributed by atoms with Crippen molar-refractivity contribution in [1.29, 1.82) is 0 Å². The minimum Gasteiger partial charge on any atom is -0.369 e. The summed E-state index contributed by atoms with van der Waals surface area (Å²) in [6, 6.07) is 4.19. The van der Waals surface area contributed by atoms with Gasteiger partial charge < -0.3 is 20.9 Å². The Hall–Kier alpha value is -3.23. The van der Waals surface area contributed by atoms with Gasteiger partial charge in [-0.3, -0.25) is 14.6 Å². The van der Waals surface area contributed by atoms with Crippen LogP contribution in [0.3, 0.4) is 0 Å². The molecule has 2 aromatic heterocycles. The van der Waals surface area contributed by atoms with Crippen molar-refractivity contribution >= 4 is 29.3 Å². The summed E-state index contributed by atoms with van der Waals surface area (Å²) in [6.07, 6.45) is 6.96. The third-order valence-corrected chi connectivity index (χ3v) is 6.43. The van der Waals surface area contributed by atoms with E-state index in [0.717, 1.165) is 56.8 Å². The van der Waals surface area contributed by atoms with Gasteiger partial charge in [0.05, 0.1) is 24.0 Å². The molecular weight excluding hydrogens is 406 g/mol. The SMILES string of the molecule is CC(=O)N1CCC(c2cc(Nc3cnc(C)cn3)nc(N3CCCC(C(N)=O)C3)c2)CC1. The number of likely N-dealkylation sites (tertiary alicyclic amines) is 1. The quantitative estimate of drug-likeness (QED) is 0.737. The number of piperidine rings is 2. The van der Waals surface area contributed by atoms with Crippen molar-refractivity contribution in [2.24, 2.45) is 11.7 Å². The largest absolute Gasteiger partial charge is 0.369 e. The molecule has 2 aromatic rings. The lowest BCUT2D eigenvalue weighted by Crippen LogP contribution is -2.41. The number of pyridine rings is 1. The predicted octanol–water partition coefficient (Wildman–Crippen LogP) is 2.35. The number of amides is 2. The zero-order chi connectivity index (χ0) is 22.7. The Labute approximate surface area is 188 Å². The summed E-state index contributed by atoms with van der Waals surface area (Å²) in [5.41, 5.74) is 7.62. The minimum absolute atomic E-state index is 0.130. The van der Waals surface area contributed by atoms with Crippen molar-refractivity contribution in [3.63, 3.8) is 0 Å². The van der Waals surface area contributed by atoms with Crippen LogP contribution in [-0.4, -0.2) is 57.8 Å². The Balaban J connectivity index is 1.61. The fourth-order valence-corrected chi connectivity index (χ4v) is 4.53. The number of aryl methyl sites for hydroxylation is 1. The summed E-state index contributed by atoms with van der Waals surface area (Å²) in [5.74, 6) is 2.23. The number of nitrogens with two attached hydrogens (primary N) is 1. The van der Waals surface area contributed by atoms with Crippen LogP contribution in [0.25, 0.3) is 0 Å². The molecule has 2 amide bonds. The van der Waals surface area contributed by atoms with Crippen molar-refractivity contribution in [2.75, 3.05) is 36.4 Å². The highest BCUT2D eigenvalue weighted by Crippen LogP contribution is 2.33. The van der Waals surface area contributed by atoms with Gasteiger partial charge in [0.1, 0.15) is 17.5 Å². The first-order valence-electron chi connectivity index (χ1n) is 11.3. The number of hydrogen-bond donors (Lipinski definition) is 2. The highest BCUT2D eigenvalue weighted by atomic mass is 16.2. The van der Waals surface area contributed by atoms with Gasteiger partial charge in [-0.15, -0.1) is 0 Å². The molecule has 32 heavy (non-hydrogen) atoms. The number of primary amides is 1. The van der Waals surface area contributed by atoms with E-state index in [1.165, 1.54) is 5.56 Å². The van der Waals surface area contributed by atoms with E-state index in [2.05, 4.69) is 32.3 Å². The molecule has 0 aliphatic carbocycles. The summed E-state index contributed by atoms with van der Waals surface area (Å²) in [6.45, 7) is 6.47. The van der Waals surface area contributed by atoms with Crippen LogP contribution < -0.4 is 16.0 Å². The van der Waals surface area contributed by atoms with Crippen LogP contribution in [0.15, 0.2) is 24.5 Å². The first kappa shape index (κ1) is 22.0. The number of hydrogen-bond acceptors (Lipinski definition) is 7. The molecule has 4 rings (SSSR count). The molecular formula is C23H31N7O2. The molecule has 2 aliphatic rings. The van der Waals surface area contributed by atoms with Crippen LogP contribution in [0.5, 0.6) is 0 Å². The van der Waals surface area contributed by atoms with Crippen molar-refractivity contribution in [3.8, 4) is 0 Å². The monoisotopic (exact) mass is 437 g/mol. The van der Waals surface area contributed by atoms with E-state index in [9.17, 15) is 9.59 Å². The van der Waals surface area contributed by atoms with Crippen LogP contribution in [-0.2, 0) is 9.59 Å². The number of nitrogens with one attached hydrogen (secondary N) is 1. The Morgan fingerprint density at radius 1 is 1.06 bits per heavy atom. The van der Waals surface area contributed by atoms with Gasteiger partial charge in [-0.05, 0) is 56.2 Å². The van der Waals surface area contributed by atoms with Crippen LogP contribution in [0.2, 0.25) is 0 Å². The maximum absolute atomic E-state index is 11.8. The van der Waals surface area contributed by atoms with Crippen LogP contribution >= 0.6 is 0 Å². The third-order valence-electron chi connectivity index (χ3n) is 6.43. The van der Waals surface area contributed by atoms with Crippen molar-refractivity contribution in [2.45, 2.75) is 45.4 Å². The van der Waals surface area contributed by atoms with Crippen LogP contribution in [0.1, 0.15) is 49.8 Å². The number of carbonyl (C=O) groups is 2. The zero-order valence-electron chi connectivity index (χ0n) is 18.8. The molecule has 1 unspecified atom stereocenters. The van der Waals surface area contributed by atoms with E-state index >= 15 is 0 Å². The molecule has 2 fully saturated rings. The number of carbonyl (C=O) groups excluding carboxylic acids is 2. The molecule has 3 N–H and O–H groups in total. The summed E-state index contributed by atoms with van der Waals surface area (Å²) in [7, 11) is 0. The van der Waals surface area contributed by atoms with Gasteiger partial charge in [0.15, 0.2) is 0 Å². The van der Waals surface area contributed by atoms with E-state index in [1.807, 2.05) is 11.8 Å². The van der Waals surface area contributed by atoms with Crippen LogP contribution in [0.4, 0.5) is 17.5 Å². The molecule has 4 heterocycles. The van der Waals surface area contributed by atoms with E-state index in [-0.39, 0.29) is 17.7 Å². The second-order valence-electron chi connectivity index (χ2n) is 8.78. The summed E-state index contributed by atoms with van der Waals surface area (Å²) >= 11 is 0. The molecule has 170 valence electrons. The van der Waals surface area contributed by atoms with E-state index in [4.69, 9.17) is 10.7 Å². The third kappa shape index (κ3) is 5.15. The Morgan fingerprint density at radius 3 is 2.50 bits per heavy atom. The first-order chi connectivity index (χ1) is 15.4. The van der Waals surface area contributed by atoms with Crippen molar-refractivity contribution in [1.82, 2.24) is 19.9 Å². The lowest BCUT2D eigenvalue weighted by Gasteiger charge is -2.34. The standard InChI is InChI=1S/C23H31N7O2/c1-15-12-26-21(13-25-15)27-20-10-19(17-5-8-29(9-6-17)16(2)31)11-22(28-20)30-7-3-4-18(14-30)23(24)32/h10-13,17-18H,3-9,14H2,1-2H3,(H2,24,32)(H,26,27,28). The average Bonchev–Trinajstić information content (AvgIpc) is 2.80. The molecule has 1 atom stereocenters. The molecule has 0 spiro atoms. The summed E-state index contributed by atoms with van der Waals surface area (Å²) in [4.78, 5) is 41.1. The van der Waals surface area contributed by atoms with Gasteiger partial charge in [-0.1, -0.05) is 0 Å². The Morgan fingerprint density at radius 2 is 1.84 bits per heavy atom. The van der Waals surface area contributed by atoms with E-state index < -0.39 is 0 Å². The summed E-state index contributed by atoms with van der Waals surface area (Å²) in [5, 5.41) is 3.28. The van der Waals surface area contributed by atoms with Crippen molar-refractivity contribution in [3.05, 3.63) is 35.8 Å². The minimum atomic E-state index is -0.254. The molecule has 0 radical (unpaired) electrons. The van der Waals surface area contributed by atoms with Crippen LogP contribution in [0, 0.1) is 12.8 Å².